The number of hydrogen-bond acceptors (Lipinski definition) is 3. The van der Waals surface area contributed by atoms with Crippen LogP contribution in [0.5, 0.6) is 0 Å². The van der Waals surface area contributed by atoms with Crippen LogP contribution >= 0.6 is 0 Å². The summed E-state index contributed by atoms with van der Waals surface area (Å²) in [6.07, 6.45) is 5.92. The Kier molecular flexibility index (Phi) is 2.89. The lowest BCUT2D eigenvalue weighted by Crippen LogP contribution is -2.36. The zero-order valence-electron chi connectivity index (χ0n) is 8.35. The van der Waals surface area contributed by atoms with Gasteiger partial charge in [-0.2, -0.15) is 0 Å². The van der Waals surface area contributed by atoms with Crippen LogP contribution < -0.4 is 5.32 Å². The molecule has 2 rings (SSSR count). The van der Waals surface area contributed by atoms with Crippen LogP contribution in [0.1, 0.15) is 37.4 Å². The third-order valence-corrected chi connectivity index (χ3v) is 2.91. The van der Waals surface area contributed by atoms with E-state index in [0.29, 0.717) is 5.92 Å². The Balaban J connectivity index is 1.84. The maximum atomic E-state index is 10.4. The Bertz CT molecular complexity index is 315. The van der Waals surface area contributed by atoms with Gasteiger partial charge >= 0.3 is 6.09 Å². The van der Waals surface area contributed by atoms with Crippen molar-refractivity contribution in [2.75, 3.05) is 0 Å². The summed E-state index contributed by atoms with van der Waals surface area (Å²) in [5.74, 6) is 1.32. The molecule has 0 radical (unpaired) electrons. The largest absolute Gasteiger partial charge is 0.465 e. The summed E-state index contributed by atoms with van der Waals surface area (Å²) in [6.45, 7) is 0. The summed E-state index contributed by atoms with van der Waals surface area (Å²) in [5, 5.41) is 11.1. The van der Waals surface area contributed by atoms with Crippen LogP contribution in [0.25, 0.3) is 0 Å². The lowest BCUT2D eigenvalue weighted by atomic mass is 9.85. The zero-order valence-corrected chi connectivity index (χ0v) is 8.35. The number of nitrogens with zero attached hydrogens (tertiary/aromatic N) is 1. The fourth-order valence-corrected chi connectivity index (χ4v) is 2.12. The molecular weight excluding hydrogens is 196 g/mol. The second kappa shape index (κ2) is 4.33. The van der Waals surface area contributed by atoms with Gasteiger partial charge in [-0.25, -0.2) is 9.78 Å². The summed E-state index contributed by atoms with van der Waals surface area (Å²) < 4.78 is 5.24. The summed E-state index contributed by atoms with van der Waals surface area (Å²) in [5.41, 5.74) is 0. The van der Waals surface area contributed by atoms with Crippen LogP contribution in [0.3, 0.4) is 0 Å². The molecule has 1 aliphatic carbocycles. The van der Waals surface area contributed by atoms with Crippen LogP contribution in [0.4, 0.5) is 4.79 Å². The normalized spacial score (nSPS) is 26.1. The van der Waals surface area contributed by atoms with Gasteiger partial charge in [0.25, 0.3) is 0 Å². The van der Waals surface area contributed by atoms with Gasteiger partial charge in [0.2, 0.25) is 0 Å². The molecule has 0 aromatic carbocycles. The van der Waals surface area contributed by atoms with Crippen LogP contribution in [0.15, 0.2) is 17.0 Å². The van der Waals surface area contributed by atoms with Gasteiger partial charge in [0, 0.05) is 12.0 Å². The van der Waals surface area contributed by atoms with Crippen molar-refractivity contribution in [1.82, 2.24) is 10.3 Å². The van der Waals surface area contributed by atoms with Crippen LogP contribution in [0, 0.1) is 0 Å². The lowest BCUT2D eigenvalue weighted by Gasteiger charge is -2.26. The molecule has 0 atom stereocenters. The topological polar surface area (TPSA) is 75.4 Å². The molecular formula is C10H14N2O3. The first-order valence-electron chi connectivity index (χ1n) is 5.13. The SMILES string of the molecule is O=C(O)NC1CCC(c2cnco2)CC1. The van der Waals surface area contributed by atoms with Crippen molar-refractivity contribution in [2.45, 2.75) is 37.6 Å². The Morgan fingerprint density at radius 2 is 2.20 bits per heavy atom. The standard InChI is InChI=1S/C10H14N2O3/c13-10(14)12-8-3-1-7(2-4-8)9-5-11-6-15-9/h5-8,12H,1-4H2,(H,13,14). The summed E-state index contributed by atoms with van der Waals surface area (Å²) in [7, 11) is 0. The first-order chi connectivity index (χ1) is 7.25. The molecule has 0 spiro atoms. The van der Waals surface area contributed by atoms with E-state index < -0.39 is 6.09 Å². The van der Waals surface area contributed by atoms with E-state index in [2.05, 4.69) is 10.3 Å². The van der Waals surface area contributed by atoms with Gasteiger partial charge in [-0.15, -0.1) is 0 Å². The molecule has 1 heterocycles. The maximum absolute atomic E-state index is 10.4. The molecule has 0 bridgehead atoms. The predicted molar refractivity (Wildman–Crippen MR) is 52.7 cm³/mol. The predicted octanol–water partition coefficient (Wildman–Crippen LogP) is 1.97. The molecule has 1 amide bonds. The minimum absolute atomic E-state index is 0.0988. The van der Waals surface area contributed by atoms with E-state index in [0.717, 1.165) is 31.4 Å². The average molecular weight is 210 g/mol. The van der Waals surface area contributed by atoms with Crippen molar-refractivity contribution < 1.29 is 14.3 Å². The number of amides is 1. The molecule has 1 saturated carbocycles. The highest BCUT2D eigenvalue weighted by Crippen LogP contribution is 2.32. The third kappa shape index (κ3) is 2.49. The molecule has 5 heteroatoms. The molecule has 5 nitrogen and oxygen atoms in total. The van der Waals surface area contributed by atoms with Crippen molar-refractivity contribution in [3.8, 4) is 0 Å². The molecule has 1 aromatic heterocycles. The third-order valence-electron chi connectivity index (χ3n) is 2.91. The minimum atomic E-state index is -0.932. The number of rotatable bonds is 2. The molecule has 0 aliphatic heterocycles. The van der Waals surface area contributed by atoms with E-state index >= 15 is 0 Å². The van der Waals surface area contributed by atoms with Gasteiger partial charge in [0.15, 0.2) is 6.39 Å². The highest BCUT2D eigenvalue weighted by molar-refractivity contribution is 5.64. The van der Waals surface area contributed by atoms with E-state index in [1.165, 1.54) is 6.39 Å². The minimum Gasteiger partial charge on any atom is -0.465 e. The molecule has 0 saturated heterocycles. The number of oxazole rings is 1. The molecule has 1 aliphatic rings. The van der Waals surface area contributed by atoms with Crippen LogP contribution in [-0.2, 0) is 0 Å². The van der Waals surface area contributed by atoms with E-state index in [1.54, 1.807) is 6.20 Å². The Morgan fingerprint density at radius 1 is 1.47 bits per heavy atom. The van der Waals surface area contributed by atoms with E-state index in [4.69, 9.17) is 9.52 Å². The van der Waals surface area contributed by atoms with Gasteiger partial charge in [-0.3, -0.25) is 0 Å². The summed E-state index contributed by atoms with van der Waals surface area (Å²) in [6, 6.07) is 0.0988. The lowest BCUT2D eigenvalue weighted by molar-refractivity contribution is 0.184. The van der Waals surface area contributed by atoms with Gasteiger partial charge in [0.05, 0.1) is 6.20 Å². The van der Waals surface area contributed by atoms with Crippen molar-refractivity contribution in [3.05, 3.63) is 18.4 Å². The van der Waals surface area contributed by atoms with Gasteiger partial charge in [-0.1, -0.05) is 0 Å². The fraction of sp³-hybridized carbons (Fsp3) is 0.600. The number of nitrogens with one attached hydrogen (secondary N) is 1. The first kappa shape index (κ1) is 10.0. The van der Waals surface area contributed by atoms with E-state index in [-0.39, 0.29) is 6.04 Å². The van der Waals surface area contributed by atoms with Crippen LogP contribution in [-0.4, -0.2) is 22.2 Å². The molecule has 82 valence electrons. The number of carboxylic acid groups (broad SMARTS) is 1. The monoisotopic (exact) mass is 210 g/mol. The van der Waals surface area contributed by atoms with E-state index in [9.17, 15) is 4.79 Å². The quantitative estimate of drug-likeness (QED) is 0.782. The number of hydrogen-bond donors (Lipinski definition) is 2. The van der Waals surface area contributed by atoms with Gasteiger partial charge < -0.3 is 14.8 Å². The summed E-state index contributed by atoms with van der Waals surface area (Å²) in [4.78, 5) is 14.3. The fourth-order valence-electron chi connectivity index (χ4n) is 2.12. The number of aromatic nitrogens is 1. The van der Waals surface area contributed by atoms with E-state index in [1.807, 2.05) is 0 Å². The van der Waals surface area contributed by atoms with Crippen LogP contribution in [0.2, 0.25) is 0 Å². The molecule has 0 unspecified atom stereocenters. The smallest absolute Gasteiger partial charge is 0.404 e. The molecule has 15 heavy (non-hydrogen) atoms. The highest BCUT2D eigenvalue weighted by Gasteiger charge is 2.24. The molecule has 2 N–H and O–H groups in total. The highest BCUT2D eigenvalue weighted by atomic mass is 16.4. The van der Waals surface area contributed by atoms with Gasteiger partial charge in [0.1, 0.15) is 5.76 Å². The maximum Gasteiger partial charge on any atom is 0.404 e. The summed E-state index contributed by atoms with van der Waals surface area (Å²) >= 11 is 0. The second-order valence-electron chi connectivity index (χ2n) is 3.90. The number of carbonyl (C=O) groups is 1. The van der Waals surface area contributed by atoms with Crippen molar-refractivity contribution in [3.63, 3.8) is 0 Å². The Hall–Kier alpha value is -1.52. The van der Waals surface area contributed by atoms with Crippen molar-refractivity contribution in [2.24, 2.45) is 0 Å². The molecule has 1 fully saturated rings. The molecule has 1 aromatic rings. The van der Waals surface area contributed by atoms with Crippen molar-refractivity contribution >= 4 is 6.09 Å². The zero-order chi connectivity index (χ0) is 10.7. The average Bonchev–Trinajstić information content (AvgIpc) is 2.71. The first-order valence-corrected chi connectivity index (χ1v) is 5.13. The van der Waals surface area contributed by atoms with Gasteiger partial charge in [-0.05, 0) is 25.7 Å². The second-order valence-corrected chi connectivity index (χ2v) is 3.90. The van der Waals surface area contributed by atoms with Crippen molar-refractivity contribution in [1.29, 1.82) is 0 Å². The Morgan fingerprint density at radius 3 is 2.73 bits per heavy atom. The Labute approximate surface area is 87.5 Å².